The molecule has 0 heterocycles. The number of nitrogens with one attached hydrogen (secondary N) is 1. The van der Waals surface area contributed by atoms with Crippen LogP contribution < -0.4 is 10.1 Å². The van der Waals surface area contributed by atoms with E-state index >= 15 is 0 Å². The van der Waals surface area contributed by atoms with Crippen molar-refractivity contribution in [3.05, 3.63) is 24.3 Å². The van der Waals surface area contributed by atoms with E-state index in [0.29, 0.717) is 18.6 Å². The van der Waals surface area contributed by atoms with Crippen LogP contribution in [0.5, 0.6) is 5.75 Å². The Balaban J connectivity index is 2.62. The summed E-state index contributed by atoms with van der Waals surface area (Å²) in [5.41, 5.74) is 1.14. The molecule has 0 saturated carbocycles. The summed E-state index contributed by atoms with van der Waals surface area (Å²) in [6, 6.07) is 8.64. The highest BCUT2D eigenvalue weighted by molar-refractivity contribution is 5.48. The molecular formula is C14H23NO. The second-order valence-corrected chi connectivity index (χ2v) is 4.28. The van der Waals surface area contributed by atoms with Crippen LogP contribution in [0.3, 0.4) is 0 Å². The monoisotopic (exact) mass is 221 g/mol. The van der Waals surface area contributed by atoms with Crippen molar-refractivity contribution >= 4 is 5.69 Å². The minimum absolute atomic E-state index is 0.488. The summed E-state index contributed by atoms with van der Waals surface area (Å²) in [4.78, 5) is 0. The fraction of sp³-hybridized carbons (Fsp3) is 0.571. The van der Waals surface area contributed by atoms with Gasteiger partial charge in [-0.15, -0.1) is 0 Å². The van der Waals surface area contributed by atoms with Crippen LogP contribution in [0.15, 0.2) is 24.3 Å². The Kier molecular flexibility index (Phi) is 5.17. The van der Waals surface area contributed by atoms with Crippen LogP contribution in [0.25, 0.3) is 0 Å². The van der Waals surface area contributed by atoms with Gasteiger partial charge in [0, 0.05) is 17.8 Å². The Labute approximate surface area is 99.0 Å². The molecule has 2 atom stereocenters. The zero-order valence-electron chi connectivity index (χ0n) is 10.8. The highest BCUT2D eigenvalue weighted by atomic mass is 16.5. The summed E-state index contributed by atoms with van der Waals surface area (Å²) in [7, 11) is 0. The van der Waals surface area contributed by atoms with Gasteiger partial charge in [-0.05, 0) is 31.9 Å². The van der Waals surface area contributed by atoms with Gasteiger partial charge in [0.1, 0.15) is 5.75 Å². The fourth-order valence-electron chi connectivity index (χ4n) is 1.60. The first-order valence-electron chi connectivity index (χ1n) is 6.16. The third-order valence-corrected chi connectivity index (χ3v) is 3.04. The van der Waals surface area contributed by atoms with Crippen LogP contribution in [0, 0.1) is 5.92 Å². The molecule has 90 valence electrons. The normalized spacial score (nSPS) is 14.2. The van der Waals surface area contributed by atoms with E-state index in [1.54, 1.807) is 0 Å². The molecular weight excluding hydrogens is 198 g/mol. The Morgan fingerprint density at radius 3 is 2.62 bits per heavy atom. The maximum atomic E-state index is 5.47. The molecule has 2 nitrogen and oxygen atoms in total. The van der Waals surface area contributed by atoms with Gasteiger partial charge in [0.25, 0.3) is 0 Å². The second kappa shape index (κ2) is 6.41. The number of anilines is 1. The van der Waals surface area contributed by atoms with Gasteiger partial charge >= 0.3 is 0 Å². The predicted molar refractivity (Wildman–Crippen MR) is 70.2 cm³/mol. The topological polar surface area (TPSA) is 21.3 Å². The van der Waals surface area contributed by atoms with Gasteiger partial charge in [0.15, 0.2) is 0 Å². The SMILES string of the molecule is CCOc1cccc(NC(C)C(C)CC)c1. The Morgan fingerprint density at radius 1 is 1.25 bits per heavy atom. The number of ether oxygens (including phenoxy) is 1. The minimum Gasteiger partial charge on any atom is -0.494 e. The zero-order chi connectivity index (χ0) is 12.0. The van der Waals surface area contributed by atoms with Gasteiger partial charge in [-0.2, -0.15) is 0 Å². The van der Waals surface area contributed by atoms with Crippen molar-refractivity contribution in [3.63, 3.8) is 0 Å². The molecule has 0 aliphatic carbocycles. The van der Waals surface area contributed by atoms with Crippen molar-refractivity contribution < 1.29 is 4.74 Å². The zero-order valence-corrected chi connectivity index (χ0v) is 10.8. The van der Waals surface area contributed by atoms with E-state index in [9.17, 15) is 0 Å². The predicted octanol–water partition coefficient (Wildman–Crippen LogP) is 3.93. The van der Waals surface area contributed by atoms with Crippen LogP contribution in [0.2, 0.25) is 0 Å². The molecule has 0 amide bonds. The molecule has 0 aliphatic heterocycles. The Bertz CT molecular complexity index is 311. The summed E-state index contributed by atoms with van der Waals surface area (Å²) in [6.07, 6.45) is 1.19. The summed E-state index contributed by atoms with van der Waals surface area (Å²) >= 11 is 0. The van der Waals surface area contributed by atoms with E-state index < -0.39 is 0 Å². The molecule has 0 aromatic heterocycles. The van der Waals surface area contributed by atoms with E-state index in [2.05, 4.69) is 38.2 Å². The molecule has 1 aromatic carbocycles. The lowest BCUT2D eigenvalue weighted by Gasteiger charge is -2.21. The first-order valence-corrected chi connectivity index (χ1v) is 6.16. The maximum absolute atomic E-state index is 5.47. The Hall–Kier alpha value is -1.18. The summed E-state index contributed by atoms with van der Waals surface area (Å²) in [6.45, 7) is 9.43. The molecule has 0 saturated heterocycles. The van der Waals surface area contributed by atoms with E-state index in [1.165, 1.54) is 6.42 Å². The van der Waals surface area contributed by atoms with Crippen LogP contribution >= 0.6 is 0 Å². The van der Waals surface area contributed by atoms with Gasteiger partial charge in [-0.25, -0.2) is 0 Å². The second-order valence-electron chi connectivity index (χ2n) is 4.28. The number of benzene rings is 1. The lowest BCUT2D eigenvalue weighted by molar-refractivity contribution is 0.340. The van der Waals surface area contributed by atoms with E-state index in [-0.39, 0.29) is 0 Å². The summed E-state index contributed by atoms with van der Waals surface area (Å²) in [5.74, 6) is 1.61. The molecule has 1 N–H and O–H groups in total. The van der Waals surface area contributed by atoms with Crippen molar-refractivity contribution in [2.45, 2.75) is 40.2 Å². The van der Waals surface area contributed by atoms with Crippen molar-refractivity contribution in [3.8, 4) is 5.75 Å². The molecule has 0 aliphatic rings. The molecule has 16 heavy (non-hydrogen) atoms. The quantitative estimate of drug-likeness (QED) is 0.785. The number of rotatable bonds is 6. The lowest BCUT2D eigenvalue weighted by Crippen LogP contribution is -2.23. The first-order chi connectivity index (χ1) is 7.67. The van der Waals surface area contributed by atoms with Gasteiger partial charge in [0.05, 0.1) is 6.61 Å². The Morgan fingerprint density at radius 2 is 2.00 bits per heavy atom. The highest BCUT2D eigenvalue weighted by Gasteiger charge is 2.09. The molecule has 1 aromatic rings. The van der Waals surface area contributed by atoms with Crippen molar-refractivity contribution in [1.82, 2.24) is 0 Å². The molecule has 2 heteroatoms. The van der Waals surface area contributed by atoms with Gasteiger partial charge in [-0.3, -0.25) is 0 Å². The van der Waals surface area contributed by atoms with E-state index in [4.69, 9.17) is 4.74 Å². The largest absolute Gasteiger partial charge is 0.494 e. The third-order valence-electron chi connectivity index (χ3n) is 3.04. The van der Waals surface area contributed by atoms with Gasteiger partial charge in [-0.1, -0.05) is 26.3 Å². The molecule has 2 unspecified atom stereocenters. The number of hydrogen-bond donors (Lipinski definition) is 1. The van der Waals surface area contributed by atoms with Crippen molar-refractivity contribution in [2.24, 2.45) is 5.92 Å². The average Bonchev–Trinajstić information content (AvgIpc) is 2.29. The van der Waals surface area contributed by atoms with Crippen LogP contribution in [0.4, 0.5) is 5.69 Å². The summed E-state index contributed by atoms with van der Waals surface area (Å²) < 4.78 is 5.47. The van der Waals surface area contributed by atoms with E-state index in [1.807, 2.05) is 19.1 Å². The van der Waals surface area contributed by atoms with Crippen LogP contribution in [-0.4, -0.2) is 12.6 Å². The lowest BCUT2D eigenvalue weighted by atomic mass is 10.0. The van der Waals surface area contributed by atoms with Crippen molar-refractivity contribution in [1.29, 1.82) is 0 Å². The highest BCUT2D eigenvalue weighted by Crippen LogP contribution is 2.20. The van der Waals surface area contributed by atoms with Gasteiger partial charge < -0.3 is 10.1 Å². The molecule has 0 spiro atoms. The first kappa shape index (κ1) is 12.9. The molecule has 0 radical (unpaired) electrons. The van der Waals surface area contributed by atoms with Gasteiger partial charge in [0.2, 0.25) is 0 Å². The molecule has 0 bridgehead atoms. The fourth-order valence-corrected chi connectivity index (χ4v) is 1.60. The average molecular weight is 221 g/mol. The maximum Gasteiger partial charge on any atom is 0.121 e. The molecule has 0 fully saturated rings. The molecule has 1 rings (SSSR count). The van der Waals surface area contributed by atoms with Crippen LogP contribution in [-0.2, 0) is 0 Å². The minimum atomic E-state index is 0.488. The van der Waals surface area contributed by atoms with Crippen LogP contribution in [0.1, 0.15) is 34.1 Å². The van der Waals surface area contributed by atoms with E-state index in [0.717, 1.165) is 11.4 Å². The summed E-state index contributed by atoms with van der Waals surface area (Å²) in [5, 5.41) is 3.51. The standard InChI is InChI=1S/C14H23NO/c1-5-11(3)12(4)15-13-8-7-9-14(10-13)16-6-2/h7-12,15H,5-6H2,1-4H3. The van der Waals surface area contributed by atoms with Crippen molar-refractivity contribution in [2.75, 3.05) is 11.9 Å². The number of hydrogen-bond acceptors (Lipinski definition) is 2. The smallest absolute Gasteiger partial charge is 0.121 e. The third kappa shape index (κ3) is 3.76.